The van der Waals surface area contributed by atoms with Crippen molar-refractivity contribution in [1.82, 2.24) is 0 Å². The van der Waals surface area contributed by atoms with Crippen molar-refractivity contribution in [1.29, 1.82) is 0 Å². The Bertz CT molecular complexity index is 501. The van der Waals surface area contributed by atoms with Crippen molar-refractivity contribution in [2.45, 2.75) is 37.7 Å². The Labute approximate surface area is 125 Å². The topological polar surface area (TPSA) is 66.8 Å². The van der Waals surface area contributed by atoms with Crippen LogP contribution in [0.3, 0.4) is 0 Å². The summed E-state index contributed by atoms with van der Waals surface area (Å²) in [4.78, 5) is 10.9. The molecule has 0 aliphatic heterocycles. The van der Waals surface area contributed by atoms with Crippen LogP contribution >= 0.6 is 0 Å². The van der Waals surface area contributed by atoms with Crippen LogP contribution in [0.5, 0.6) is 5.75 Å². The maximum Gasteiger partial charge on any atom is 0.306 e. The van der Waals surface area contributed by atoms with Crippen LogP contribution in [-0.2, 0) is 11.2 Å². The van der Waals surface area contributed by atoms with Gasteiger partial charge in [0.2, 0.25) is 0 Å². The second-order valence-electron chi connectivity index (χ2n) is 5.73. The highest BCUT2D eigenvalue weighted by Gasteiger charge is 2.36. The van der Waals surface area contributed by atoms with Gasteiger partial charge < -0.3 is 14.9 Å². The molecule has 0 spiro atoms. The number of carbonyl (C=O) groups is 1. The fourth-order valence-corrected chi connectivity index (χ4v) is 2.73. The molecular formula is C17H22O4. The standard InChI is InChI=1S/C17H22O4/c1-2-5-13-6-3-4-7-15(13)21-12-17(20)10-8-14(9-11-17)16(18)19/h2-4,6-7,14,20H,1,5,8-12H2,(H,18,19). The summed E-state index contributed by atoms with van der Waals surface area (Å²) >= 11 is 0. The highest BCUT2D eigenvalue weighted by molar-refractivity contribution is 5.70. The molecule has 1 aliphatic rings. The van der Waals surface area contributed by atoms with Crippen LogP contribution in [0.15, 0.2) is 36.9 Å². The number of aliphatic carboxylic acids is 1. The lowest BCUT2D eigenvalue weighted by Crippen LogP contribution is -2.41. The number of benzene rings is 1. The van der Waals surface area contributed by atoms with Crippen molar-refractivity contribution < 1.29 is 19.7 Å². The maximum absolute atomic E-state index is 10.9. The minimum Gasteiger partial charge on any atom is -0.490 e. The second kappa shape index (κ2) is 6.76. The predicted molar refractivity (Wildman–Crippen MR) is 80.4 cm³/mol. The van der Waals surface area contributed by atoms with Crippen LogP contribution in [0.2, 0.25) is 0 Å². The monoisotopic (exact) mass is 290 g/mol. The minimum atomic E-state index is -0.923. The van der Waals surface area contributed by atoms with E-state index in [1.807, 2.05) is 30.3 Å². The van der Waals surface area contributed by atoms with Crippen LogP contribution in [0.4, 0.5) is 0 Å². The number of allylic oxidation sites excluding steroid dienone is 1. The van der Waals surface area contributed by atoms with E-state index in [0.717, 1.165) is 17.7 Å². The molecule has 2 rings (SSSR count). The minimum absolute atomic E-state index is 0.202. The van der Waals surface area contributed by atoms with Crippen molar-refractivity contribution >= 4 is 5.97 Å². The molecule has 114 valence electrons. The van der Waals surface area contributed by atoms with E-state index in [1.54, 1.807) is 0 Å². The lowest BCUT2D eigenvalue weighted by atomic mass is 9.79. The predicted octanol–water partition coefficient (Wildman–Crippen LogP) is 2.80. The van der Waals surface area contributed by atoms with Crippen LogP contribution in [-0.4, -0.2) is 28.4 Å². The van der Waals surface area contributed by atoms with Crippen LogP contribution < -0.4 is 4.74 Å². The Hall–Kier alpha value is -1.81. The van der Waals surface area contributed by atoms with Gasteiger partial charge in [-0.25, -0.2) is 0 Å². The summed E-state index contributed by atoms with van der Waals surface area (Å²) in [7, 11) is 0. The van der Waals surface area contributed by atoms with Gasteiger partial charge in [0.25, 0.3) is 0 Å². The van der Waals surface area contributed by atoms with Gasteiger partial charge in [-0.2, -0.15) is 0 Å². The fraction of sp³-hybridized carbons (Fsp3) is 0.471. The van der Waals surface area contributed by atoms with Gasteiger partial charge >= 0.3 is 5.97 Å². The van der Waals surface area contributed by atoms with Crippen molar-refractivity contribution in [3.63, 3.8) is 0 Å². The lowest BCUT2D eigenvalue weighted by molar-refractivity contribution is -0.145. The van der Waals surface area contributed by atoms with E-state index in [0.29, 0.717) is 25.7 Å². The largest absolute Gasteiger partial charge is 0.490 e. The first kappa shape index (κ1) is 15.6. The van der Waals surface area contributed by atoms with Crippen molar-refractivity contribution in [3.05, 3.63) is 42.5 Å². The summed E-state index contributed by atoms with van der Waals surface area (Å²) in [6, 6.07) is 7.69. The molecule has 1 aromatic rings. The Kier molecular flexibility index (Phi) is 5.02. The molecule has 1 aromatic carbocycles. The molecule has 2 N–H and O–H groups in total. The van der Waals surface area contributed by atoms with Crippen LogP contribution in [0.25, 0.3) is 0 Å². The van der Waals surface area contributed by atoms with E-state index in [4.69, 9.17) is 9.84 Å². The van der Waals surface area contributed by atoms with E-state index in [-0.39, 0.29) is 12.5 Å². The molecule has 0 heterocycles. The zero-order valence-corrected chi connectivity index (χ0v) is 12.1. The van der Waals surface area contributed by atoms with E-state index in [1.165, 1.54) is 0 Å². The molecule has 4 nitrogen and oxygen atoms in total. The van der Waals surface area contributed by atoms with E-state index in [9.17, 15) is 9.90 Å². The SMILES string of the molecule is C=CCc1ccccc1OCC1(O)CCC(C(=O)O)CC1. The van der Waals surface area contributed by atoms with Gasteiger partial charge in [0.1, 0.15) is 12.4 Å². The molecule has 1 saturated carbocycles. The normalized spacial score (nSPS) is 25.3. The smallest absolute Gasteiger partial charge is 0.306 e. The molecule has 0 amide bonds. The summed E-state index contributed by atoms with van der Waals surface area (Å²) < 4.78 is 5.78. The van der Waals surface area contributed by atoms with Gasteiger partial charge in [0, 0.05) is 0 Å². The lowest BCUT2D eigenvalue weighted by Gasteiger charge is -2.34. The Morgan fingerprint density at radius 1 is 1.38 bits per heavy atom. The average Bonchev–Trinajstić information content (AvgIpc) is 2.47. The maximum atomic E-state index is 10.9. The molecule has 1 aliphatic carbocycles. The number of ether oxygens (including phenoxy) is 1. The molecule has 21 heavy (non-hydrogen) atoms. The molecule has 0 radical (unpaired) electrons. The van der Waals surface area contributed by atoms with Gasteiger partial charge in [-0.1, -0.05) is 24.3 Å². The Morgan fingerprint density at radius 3 is 2.67 bits per heavy atom. The number of hydrogen-bond acceptors (Lipinski definition) is 3. The molecule has 0 saturated heterocycles. The highest BCUT2D eigenvalue weighted by atomic mass is 16.5. The first-order chi connectivity index (χ1) is 10.0. The third-order valence-corrected chi connectivity index (χ3v) is 4.10. The number of carboxylic acid groups (broad SMARTS) is 1. The van der Waals surface area contributed by atoms with Gasteiger partial charge in [-0.3, -0.25) is 4.79 Å². The van der Waals surface area contributed by atoms with E-state index < -0.39 is 11.6 Å². The summed E-state index contributed by atoms with van der Waals surface area (Å²) in [5, 5.41) is 19.5. The molecule has 0 aromatic heterocycles. The second-order valence-corrected chi connectivity index (χ2v) is 5.73. The molecule has 1 fully saturated rings. The average molecular weight is 290 g/mol. The summed E-state index contributed by atoms with van der Waals surface area (Å²) in [6.45, 7) is 3.93. The van der Waals surface area contributed by atoms with Crippen molar-refractivity contribution in [3.8, 4) is 5.75 Å². The third kappa shape index (κ3) is 4.08. The molecular weight excluding hydrogens is 268 g/mol. The number of para-hydroxylation sites is 1. The number of hydrogen-bond donors (Lipinski definition) is 2. The van der Waals surface area contributed by atoms with Crippen molar-refractivity contribution in [2.24, 2.45) is 5.92 Å². The zero-order valence-electron chi connectivity index (χ0n) is 12.1. The first-order valence-electron chi connectivity index (χ1n) is 7.31. The number of aliphatic hydroxyl groups is 1. The van der Waals surface area contributed by atoms with Crippen LogP contribution in [0, 0.1) is 5.92 Å². The van der Waals surface area contributed by atoms with Gasteiger partial charge in [0.05, 0.1) is 11.5 Å². The van der Waals surface area contributed by atoms with E-state index >= 15 is 0 Å². The van der Waals surface area contributed by atoms with Crippen LogP contribution in [0.1, 0.15) is 31.2 Å². The summed E-state index contributed by atoms with van der Waals surface area (Å²) in [5.74, 6) is -0.348. The molecule has 0 unspecified atom stereocenters. The summed E-state index contributed by atoms with van der Waals surface area (Å²) in [5.41, 5.74) is 0.114. The Balaban J connectivity index is 1.94. The van der Waals surface area contributed by atoms with Gasteiger partial charge in [-0.05, 0) is 43.7 Å². The van der Waals surface area contributed by atoms with Crippen molar-refractivity contribution in [2.75, 3.05) is 6.61 Å². The van der Waals surface area contributed by atoms with Gasteiger partial charge in [0.15, 0.2) is 0 Å². The third-order valence-electron chi connectivity index (χ3n) is 4.10. The first-order valence-corrected chi connectivity index (χ1v) is 7.31. The fourth-order valence-electron chi connectivity index (χ4n) is 2.73. The quantitative estimate of drug-likeness (QED) is 0.791. The van der Waals surface area contributed by atoms with Gasteiger partial charge in [-0.15, -0.1) is 6.58 Å². The number of rotatable bonds is 6. The molecule has 0 bridgehead atoms. The van der Waals surface area contributed by atoms with E-state index in [2.05, 4.69) is 6.58 Å². The molecule has 4 heteroatoms. The summed E-state index contributed by atoms with van der Waals surface area (Å²) in [6.07, 6.45) is 4.47. The zero-order chi connectivity index (χ0) is 15.3. The highest BCUT2D eigenvalue weighted by Crippen LogP contribution is 2.33. The molecule has 0 atom stereocenters. The number of carboxylic acids is 1. The Morgan fingerprint density at radius 2 is 2.05 bits per heavy atom.